The smallest absolute Gasteiger partial charge is 0.315 e. The third kappa shape index (κ3) is 3.47. The molecule has 1 aromatic rings. The lowest BCUT2D eigenvalue weighted by Gasteiger charge is -2.28. The molecule has 0 bridgehead atoms. The van der Waals surface area contributed by atoms with E-state index in [1.807, 2.05) is 19.9 Å². The summed E-state index contributed by atoms with van der Waals surface area (Å²) in [5, 5.41) is 0. The minimum Gasteiger partial charge on any atom is -0.315 e. The van der Waals surface area contributed by atoms with Crippen LogP contribution in [0.2, 0.25) is 0 Å². The highest BCUT2D eigenvalue weighted by atomic mass is 79.9. The fraction of sp³-hybridized carbons (Fsp3) is 0.389. The van der Waals surface area contributed by atoms with Crippen molar-refractivity contribution in [3.63, 3.8) is 0 Å². The van der Waals surface area contributed by atoms with Gasteiger partial charge in [-0.25, -0.2) is 4.79 Å². The second-order valence-electron chi connectivity index (χ2n) is 6.64. The average Bonchev–Trinajstić information content (AvgIpc) is 2.78. The van der Waals surface area contributed by atoms with Crippen LogP contribution in [-0.4, -0.2) is 35.7 Å². The zero-order valence-corrected chi connectivity index (χ0v) is 15.4. The lowest BCUT2D eigenvalue weighted by atomic mass is 9.96. The lowest BCUT2D eigenvalue weighted by Crippen LogP contribution is -2.39. The molecule has 2 aliphatic rings. The van der Waals surface area contributed by atoms with Crippen molar-refractivity contribution in [1.29, 1.82) is 0 Å². The lowest BCUT2D eigenvalue weighted by molar-refractivity contribution is -0.0889. The summed E-state index contributed by atoms with van der Waals surface area (Å²) in [6.45, 7) is 4.29. The van der Waals surface area contributed by atoms with Crippen molar-refractivity contribution < 1.29 is 18.0 Å². The van der Waals surface area contributed by atoms with Gasteiger partial charge in [-0.15, -0.1) is 0 Å². The minimum absolute atomic E-state index is 0.153. The number of nitrogens with zero attached hydrogens (tertiary/aromatic N) is 2. The van der Waals surface area contributed by atoms with Crippen LogP contribution in [0.1, 0.15) is 13.8 Å². The van der Waals surface area contributed by atoms with Crippen molar-refractivity contribution in [2.24, 2.45) is 5.92 Å². The maximum atomic E-state index is 13.1. The summed E-state index contributed by atoms with van der Waals surface area (Å²) in [5.41, 5.74) is -0.0412. The molecule has 1 aliphatic carbocycles. The van der Waals surface area contributed by atoms with E-state index < -0.39 is 23.8 Å². The number of halogens is 4. The third-order valence-electron chi connectivity index (χ3n) is 4.26. The van der Waals surface area contributed by atoms with Gasteiger partial charge in [0.05, 0.1) is 17.7 Å². The fourth-order valence-corrected chi connectivity index (χ4v) is 3.64. The molecule has 1 fully saturated rings. The molecule has 2 atom stereocenters. The maximum Gasteiger partial charge on any atom is 0.416 e. The summed E-state index contributed by atoms with van der Waals surface area (Å²) in [4.78, 5) is 16.1. The molecule has 3 rings (SSSR count). The maximum absolute atomic E-state index is 13.1. The standard InChI is InChI=1S/C18H18BrF3N2O/c1-11(2)10-23-16-8-12(18(20,21)22)6-7-15(16)24(17(23)25)14-5-3-4-13(19)9-14/h3-9,11,15-16H,10H2,1-2H3. The Balaban J connectivity index is 2.03. The van der Waals surface area contributed by atoms with Crippen molar-refractivity contribution in [1.82, 2.24) is 4.90 Å². The largest absolute Gasteiger partial charge is 0.416 e. The number of carbonyl (C=O) groups is 1. The van der Waals surface area contributed by atoms with Gasteiger partial charge < -0.3 is 4.90 Å². The van der Waals surface area contributed by atoms with Crippen molar-refractivity contribution in [2.45, 2.75) is 32.1 Å². The number of benzene rings is 1. The topological polar surface area (TPSA) is 23.6 Å². The molecule has 0 radical (unpaired) electrons. The second-order valence-corrected chi connectivity index (χ2v) is 7.55. The van der Waals surface area contributed by atoms with Gasteiger partial charge in [0.15, 0.2) is 0 Å². The SMILES string of the molecule is CC(C)CN1C(=O)N(c2cccc(Br)c2)C2C=CC(C(F)(F)F)=CC21. The number of anilines is 1. The van der Waals surface area contributed by atoms with Crippen LogP contribution in [-0.2, 0) is 0 Å². The van der Waals surface area contributed by atoms with E-state index in [4.69, 9.17) is 0 Å². The van der Waals surface area contributed by atoms with E-state index in [1.165, 1.54) is 17.1 Å². The zero-order chi connectivity index (χ0) is 18.4. The Hall–Kier alpha value is -1.76. The van der Waals surface area contributed by atoms with Crippen LogP contribution in [0.25, 0.3) is 0 Å². The van der Waals surface area contributed by atoms with Crippen LogP contribution >= 0.6 is 15.9 Å². The molecule has 0 spiro atoms. The molecular weight excluding hydrogens is 397 g/mol. The third-order valence-corrected chi connectivity index (χ3v) is 4.75. The number of allylic oxidation sites excluding steroid dienone is 2. The minimum atomic E-state index is -4.42. The van der Waals surface area contributed by atoms with Crippen molar-refractivity contribution in [3.05, 3.63) is 52.5 Å². The van der Waals surface area contributed by atoms with Crippen LogP contribution in [0, 0.1) is 5.92 Å². The van der Waals surface area contributed by atoms with E-state index >= 15 is 0 Å². The molecule has 0 aromatic heterocycles. The Kier molecular flexibility index (Phi) is 4.70. The normalized spacial score (nSPS) is 23.3. The molecule has 0 saturated carbocycles. The molecule has 1 aromatic carbocycles. The molecule has 1 heterocycles. The molecule has 25 heavy (non-hydrogen) atoms. The second kappa shape index (κ2) is 6.52. The Labute approximate surface area is 152 Å². The summed E-state index contributed by atoms with van der Waals surface area (Å²) >= 11 is 3.38. The van der Waals surface area contributed by atoms with Gasteiger partial charge in [0, 0.05) is 16.7 Å². The number of alkyl halides is 3. The van der Waals surface area contributed by atoms with Gasteiger partial charge in [-0.1, -0.05) is 48.0 Å². The van der Waals surface area contributed by atoms with Gasteiger partial charge >= 0.3 is 12.2 Å². The summed E-state index contributed by atoms with van der Waals surface area (Å²) in [6, 6.07) is 5.87. The van der Waals surface area contributed by atoms with E-state index in [-0.39, 0.29) is 11.9 Å². The van der Waals surface area contributed by atoms with Crippen LogP contribution in [0.3, 0.4) is 0 Å². The predicted octanol–water partition coefficient (Wildman–Crippen LogP) is 5.14. The number of fused-ring (bicyclic) bond motifs is 1. The molecule has 1 saturated heterocycles. The number of hydrogen-bond acceptors (Lipinski definition) is 1. The van der Waals surface area contributed by atoms with Crippen molar-refractivity contribution >= 4 is 27.6 Å². The first-order chi connectivity index (χ1) is 11.7. The monoisotopic (exact) mass is 414 g/mol. The highest BCUT2D eigenvalue weighted by Crippen LogP contribution is 2.38. The van der Waals surface area contributed by atoms with Crippen molar-refractivity contribution in [2.75, 3.05) is 11.4 Å². The van der Waals surface area contributed by atoms with E-state index in [0.29, 0.717) is 12.2 Å². The number of carbonyl (C=O) groups excluding carboxylic acids is 1. The van der Waals surface area contributed by atoms with E-state index in [1.54, 1.807) is 23.1 Å². The first-order valence-corrected chi connectivity index (χ1v) is 8.80. The van der Waals surface area contributed by atoms with Crippen molar-refractivity contribution in [3.8, 4) is 0 Å². The van der Waals surface area contributed by atoms with E-state index in [2.05, 4.69) is 15.9 Å². The molecule has 3 nitrogen and oxygen atoms in total. The van der Waals surface area contributed by atoms with E-state index in [9.17, 15) is 18.0 Å². The van der Waals surface area contributed by atoms with Crippen LogP contribution in [0.5, 0.6) is 0 Å². The molecule has 134 valence electrons. The van der Waals surface area contributed by atoms with Gasteiger partial charge in [-0.3, -0.25) is 4.90 Å². The highest BCUT2D eigenvalue weighted by Gasteiger charge is 2.47. The van der Waals surface area contributed by atoms with Crippen LogP contribution in [0.15, 0.2) is 52.5 Å². The van der Waals surface area contributed by atoms with Gasteiger partial charge in [0.25, 0.3) is 0 Å². The first kappa shape index (κ1) is 18.0. The quantitative estimate of drug-likeness (QED) is 0.671. The molecule has 1 aliphatic heterocycles. The van der Waals surface area contributed by atoms with Gasteiger partial charge in [0.2, 0.25) is 0 Å². The van der Waals surface area contributed by atoms with Crippen LogP contribution in [0.4, 0.5) is 23.7 Å². The molecule has 2 unspecified atom stereocenters. The van der Waals surface area contributed by atoms with Gasteiger partial charge in [0.1, 0.15) is 0 Å². The zero-order valence-electron chi connectivity index (χ0n) is 13.8. The summed E-state index contributed by atoms with van der Waals surface area (Å²) < 4.78 is 40.2. The molecule has 7 heteroatoms. The van der Waals surface area contributed by atoms with Crippen LogP contribution < -0.4 is 4.90 Å². The highest BCUT2D eigenvalue weighted by molar-refractivity contribution is 9.10. The van der Waals surface area contributed by atoms with Gasteiger partial charge in [-0.2, -0.15) is 13.2 Å². The summed E-state index contributed by atoms with van der Waals surface area (Å²) in [7, 11) is 0. The number of rotatable bonds is 3. The Morgan fingerprint density at radius 1 is 1.24 bits per heavy atom. The predicted molar refractivity (Wildman–Crippen MR) is 94.4 cm³/mol. The molecular formula is C18H18BrF3N2O. The number of urea groups is 1. The average molecular weight is 415 g/mol. The first-order valence-electron chi connectivity index (χ1n) is 8.01. The van der Waals surface area contributed by atoms with Gasteiger partial charge in [-0.05, 0) is 30.2 Å². The number of amides is 2. The van der Waals surface area contributed by atoms with E-state index in [0.717, 1.165) is 10.5 Å². The molecule has 2 amide bonds. The summed E-state index contributed by atoms with van der Waals surface area (Å²) in [5.74, 6) is 0.153. The summed E-state index contributed by atoms with van der Waals surface area (Å²) in [6.07, 6.45) is -0.703. The Morgan fingerprint density at radius 2 is 1.96 bits per heavy atom. The fourth-order valence-electron chi connectivity index (χ4n) is 3.25. The number of hydrogen-bond donors (Lipinski definition) is 0. The Morgan fingerprint density at radius 3 is 2.56 bits per heavy atom. The Bertz CT molecular complexity index is 742. The molecule has 0 N–H and O–H groups in total.